The van der Waals surface area contributed by atoms with Crippen molar-refractivity contribution in [2.45, 2.75) is 60.2 Å². The van der Waals surface area contributed by atoms with Crippen molar-refractivity contribution in [1.82, 2.24) is 0 Å². The van der Waals surface area contributed by atoms with Gasteiger partial charge in [0.05, 0.1) is 0 Å². The van der Waals surface area contributed by atoms with Gasteiger partial charge in [0.15, 0.2) is 0 Å². The van der Waals surface area contributed by atoms with Gasteiger partial charge in [0, 0.05) is 11.1 Å². The first-order valence-corrected chi connectivity index (χ1v) is 9.99. The lowest BCUT2D eigenvalue weighted by Crippen LogP contribution is -2.16. The van der Waals surface area contributed by atoms with E-state index in [0.717, 1.165) is 23.1 Å². The van der Waals surface area contributed by atoms with Crippen molar-refractivity contribution >= 4 is 0 Å². The average Bonchev–Trinajstić information content (AvgIpc) is 2.69. The highest BCUT2D eigenvalue weighted by Crippen LogP contribution is 2.29. The average molecular weight is 420 g/mol. The summed E-state index contributed by atoms with van der Waals surface area (Å²) in [7, 11) is 0. The van der Waals surface area contributed by atoms with Crippen LogP contribution in [0, 0.1) is 11.8 Å². The van der Waals surface area contributed by atoms with Gasteiger partial charge >= 0.3 is 6.36 Å². The molecule has 2 rings (SSSR count). The van der Waals surface area contributed by atoms with Crippen LogP contribution in [-0.2, 0) is 0 Å². The normalized spacial score (nSPS) is 14.9. The third kappa shape index (κ3) is 8.73. The maximum Gasteiger partial charge on any atom is 0.573 e. The van der Waals surface area contributed by atoms with Crippen LogP contribution in [0.3, 0.4) is 0 Å². The Bertz CT molecular complexity index is 886. The molecule has 0 spiro atoms. The van der Waals surface area contributed by atoms with Gasteiger partial charge in [0.1, 0.15) is 11.6 Å². The van der Waals surface area contributed by atoms with Gasteiger partial charge in [-0.3, -0.25) is 0 Å². The standard InChI is InChI=1S/C23H22F4O.C2H6/c1-4-18(7-6-17(3)21-14-5-16(2)15-22(21)24)8-9-19-10-12-20(13-11-19)28-23(25,26)27;1-2/h6-7,10-13,15H,4-5,14H2,1-3H3;1-2H3/b17-6+,18-7+;. The van der Waals surface area contributed by atoms with Crippen LogP contribution < -0.4 is 4.74 Å². The van der Waals surface area contributed by atoms with E-state index in [4.69, 9.17) is 0 Å². The molecule has 0 aromatic heterocycles. The van der Waals surface area contributed by atoms with E-state index in [0.29, 0.717) is 24.0 Å². The van der Waals surface area contributed by atoms with Crippen LogP contribution >= 0.6 is 0 Å². The van der Waals surface area contributed by atoms with Crippen LogP contribution in [0.25, 0.3) is 0 Å². The molecule has 0 saturated heterocycles. The summed E-state index contributed by atoms with van der Waals surface area (Å²) in [6.45, 7) is 9.75. The van der Waals surface area contributed by atoms with Crippen LogP contribution in [-0.4, -0.2) is 6.36 Å². The second kappa shape index (κ2) is 12.1. The molecule has 0 N–H and O–H groups in total. The summed E-state index contributed by atoms with van der Waals surface area (Å²) in [5.74, 6) is 5.47. The summed E-state index contributed by atoms with van der Waals surface area (Å²) in [4.78, 5) is 0. The maximum atomic E-state index is 14.1. The van der Waals surface area contributed by atoms with Crippen molar-refractivity contribution in [2.75, 3.05) is 0 Å². The molecule has 1 aliphatic rings. The van der Waals surface area contributed by atoms with Crippen LogP contribution in [0.15, 0.2) is 70.6 Å². The van der Waals surface area contributed by atoms with E-state index in [1.165, 1.54) is 24.3 Å². The molecule has 5 heteroatoms. The lowest BCUT2D eigenvalue weighted by Gasteiger charge is -2.14. The second-order valence-electron chi connectivity index (χ2n) is 6.53. The number of hydrogen-bond acceptors (Lipinski definition) is 1. The van der Waals surface area contributed by atoms with Gasteiger partial charge in [-0.1, -0.05) is 50.3 Å². The molecule has 0 aliphatic heterocycles. The zero-order valence-electron chi connectivity index (χ0n) is 18.1. The van der Waals surface area contributed by atoms with E-state index >= 15 is 0 Å². The van der Waals surface area contributed by atoms with Gasteiger partial charge in [0.25, 0.3) is 0 Å². The van der Waals surface area contributed by atoms with Crippen LogP contribution in [0.1, 0.15) is 59.4 Å². The Kier molecular flexibility index (Phi) is 10.2. The summed E-state index contributed by atoms with van der Waals surface area (Å²) in [5, 5.41) is 0. The number of halogens is 4. The third-order valence-corrected chi connectivity index (χ3v) is 4.28. The first-order chi connectivity index (χ1) is 14.2. The molecular weight excluding hydrogens is 392 g/mol. The predicted octanol–water partition coefficient (Wildman–Crippen LogP) is 8.21. The molecule has 1 aliphatic carbocycles. The Morgan fingerprint density at radius 1 is 1.10 bits per heavy atom. The van der Waals surface area contributed by atoms with Gasteiger partial charge in [-0.15, -0.1) is 13.2 Å². The largest absolute Gasteiger partial charge is 0.573 e. The highest BCUT2D eigenvalue weighted by atomic mass is 19.4. The van der Waals surface area contributed by atoms with Crippen molar-refractivity contribution < 1.29 is 22.3 Å². The number of ether oxygens (including phenoxy) is 1. The number of hydrogen-bond donors (Lipinski definition) is 0. The Hall–Kier alpha value is -2.74. The zero-order valence-corrected chi connectivity index (χ0v) is 18.1. The molecular formula is C25H28F4O. The van der Waals surface area contributed by atoms with Gasteiger partial charge in [-0.05, 0) is 74.6 Å². The monoisotopic (exact) mass is 420 g/mol. The van der Waals surface area contributed by atoms with Gasteiger partial charge in [-0.25, -0.2) is 4.39 Å². The van der Waals surface area contributed by atoms with E-state index in [-0.39, 0.29) is 11.6 Å². The summed E-state index contributed by atoms with van der Waals surface area (Å²) in [6, 6.07) is 5.40. The van der Waals surface area contributed by atoms with Crippen molar-refractivity contribution in [3.63, 3.8) is 0 Å². The summed E-state index contributed by atoms with van der Waals surface area (Å²) in [5.41, 5.74) is 4.04. The Morgan fingerprint density at radius 2 is 1.73 bits per heavy atom. The van der Waals surface area contributed by atoms with Crippen LogP contribution in [0.5, 0.6) is 5.75 Å². The van der Waals surface area contributed by atoms with Crippen LogP contribution in [0.2, 0.25) is 0 Å². The molecule has 0 bridgehead atoms. The molecule has 1 aromatic carbocycles. The molecule has 162 valence electrons. The molecule has 0 unspecified atom stereocenters. The molecule has 30 heavy (non-hydrogen) atoms. The van der Waals surface area contributed by atoms with E-state index in [9.17, 15) is 17.6 Å². The van der Waals surface area contributed by atoms with E-state index in [2.05, 4.69) is 16.6 Å². The molecule has 1 aromatic rings. The molecule has 1 nitrogen and oxygen atoms in total. The number of rotatable bonds is 4. The number of alkyl halides is 3. The Morgan fingerprint density at radius 3 is 2.27 bits per heavy atom. The van der Waals surface area contributed by atoms with Crippen LogP contribution in [0.4, 0.5) is 17.6 Å². The van der Waals surface area contributed by atoms with Crippen molar-refractivity contribution in [1.29, 1.82) is 0 Å². The predicted molar refractivity (Wildman–Crippen MR) is 115 cm³/mol. The molecule has 0 amide bonds. The lowest BCUT2D eigenvalue weighted by atomic mass is 9.93. The minimum Gasteiger partial charge on any atom is -0.406 e. The summed E-state index contributed by atoms with van der Waals surface area (Å²) >= 11 is 0. The highest BCUT2D eigenvalue weighted by Gasteiger charge is 2.30. The molecule has 0 heterocycles. The summed E-state index contributed by atoms with van der Waals surface area (Å²) < 4.78 is 54.5. The quantitative estimate of drug-likeness (QED) is 0.271. The topological polar surface area (TPSA) is 9.23 Å². The van der Waals surface area contributed by atoms with Gasteiger partial charge in [0.2, 0.25) is 0 Å². The lowest BCUT2D eigenvalue weighted by molar-refractivity contribution is -0.274. The number of allylic oxidation sites excluding steroid dienone is 8. The van der Waals surface area contributed by atoms with E-state index in [1.807, 2.05) is 46.8 Å². The first kappa shape index (κ1) is 25.3. The van der Waals surface area contributed by atoms with Gasteiger partial charge in [-0.2, -0.15) is 0 Å². The fraction of sp³-hybridized carbons (Fsp3) is 0.360. The highest BCUT2D eigenvalue weighted by molar-refractivity contribution is 5.46. The molecule has 0 fully saturated rings. The Balaban J connectivity index is 0.00000218. The van der Waals surface area contributed by atoms with E-state index < -0.39 is 6.36 Å². The van der Waals surface area contributed by atoms with E-state index in [1.54, 1.807) is 6.08 Å². The van der Waals surface area contributed by atoms with Crippen molar-refractivity contribution in [2.24, 2.45) is 0 Å². The summed E-state index contributed by atoms with van der Waals surface area (Å²) in [6.07, 6.45) is 2.80. The Labute approximate surface area is 176 Å². The number of benzene rings is 1. The molecule has 0 radical (unpaired) electrons. The van der Waals surface area contributed by atoms with Crippen molar-refractivity contribution in [3.8, 4) is 17.6 Å². The first-order valence-electron chi connectivity index (χ1n) is 9.99. The minimum atomic E-state index is -4.71. The second-order valence-corrected chi connectivity index (χ2v) is 6.53. The third-order valence-electron chi connectivity index (χ3n) is 4.28. The fourth-order valence-corrected chi connectivity index (χ4v) is 2.67. The SMILES string of the molecule is CC.CC/C(C#Cc1ccc(OC(F)(F)F)cc1)=C\C=C(/C)C1=C(F)C=C(C)CC1. The maximum absolute atomic E-state index is 14.1. The fourth-order valence-electron chi connectivity index (χ4n) is 2.67. The molecule has 0 saturated carbocycles. The van der Waals surface area contributed by atoms with Gasteiger partial charge < -0.3 is 4.74 Å². The zero-order chi connectivity index (χ0) is 22.7. The minimum absolute atomic E-state index is 0.184. The molecule has 0 atom stereocenters. The smallest absolute Gasteiger partial charge is 0.406 e. The van der Waals surface area contributed by atoms with Crippen molar-refractivity contribution in [3.05, 3.63) is 76.2 Å².